The van der Waals surface area contributed by atoms with Crippen LogP contribution in [-0.4, -0.2) is 46.8 Å². The Morgan fingerprint density at radius 1 is 1.20 bits per heavy atom. The van der Waals surface area contributed by atoms with Gasteiger partial charge in [-0.25, -0.2) is 8.42 Å². The number of hydrogen-bond acceptors (Lipinski definition) is 5. The summed E-state index contributed by atoms with van der Waals surface area (Å²) in [5, 5.41) is 14.5. The van der Waals surface area contributed by atoms with Crippen LogP contribution in [0.4, 0.5) is 0 Å². The lowest BCUT2D eigenvalue weighted by atomic mass is 10.1. The van der Waals surface area contributed by atoms with E-state index in [0.717, 1.165) is 38.1 Å². The van der Waals surface area contributed by atoms with Crippen LogP contribution in [0.25, 0.3) is 0 Å². The second-order valence-electron chi connectivity index (χ2n) is 7.02. The second kappa shape index (κ2) is 6.90. The highest BCUT2D eigenvalue weighted by molar-refractivity contribution is 7.90. The van der Waals surface area contributed by atoms with E-state index < -0.39 is 15.9 Å². The summed E-state index contributed by atoms with van der Waals surface area (Å²) in [5.74, 6) is -0.296. The Morgan fingerprint density at radius 2 is 1.96 bits per heavy atom. The van der Waals surface area contributed by atoms with Gasteiger partial charge in [-0.1, -0.05) is 18.2 Å². The Labute approximate surface area is 149 Å². The highest BCUT2D eigenvalue weighted by atomic mass is 32.2. The number of aliphatic hydroxyl groups is 1. The molecule has 1 aliphatic rings. The molecule has 0 saturated heterocycles. The molecule has 1 aromatic carbocycles. The molecule has 0 saturated carbocycles. The quantitative estimate of drug-likeness (QED) is 0.873. The summed E-state index contributed by atoms with van der Waals surface area (Å²) in [6, 6.07) is 8.36. The molecular formula is C18H25N3O3S. The van der Waals surface area contributed by atoms with Crippen LogP contribution in [0.1, 0.15) is 34.2 Å². The molecule has 1 atom stereocenters. The van der Waals surface area contributed by atoms with E-state index >= 15 is 0 Å². The van der Waals surface area contributed by atoms with Gasteiger partial charge in [0, 0.05) is 25.9 Å². The first-order valence-corrected chi connectivity index (χ1v) is 10.5. The van der Waals surface area contributed by atoms with Crippen molar-refractivity contribution in [3.63, 3.8) is 0 Å². The Kier molecular flexibility index (Phi) is 4.99. The number of rotatable bonds is 5. The fourth-order valence-corrected chi connectivity index (χ4v) is 3.92. The highest BCUT2D eigenvalue weighted by Gasteiger charge is 2.23. The Hall–Kier alpha value is -1.70. The van der Waals surface area contributed by atoms with Crippen molar-refractivity contribution >= 4 is 9.84 Å². The van der Waals surface area contributed by atoms with E-state index in [2.05, 4.69) is 42.0 Å². The predicted octanol–water partition coefficient (Wildman–Crippen LogP) is 1.59. The first kappa shape index (κ1) is 18.1. The molecule has 6 nitrogen and oxygen atoms in total. The minimum Gasteiger partial charge on any atom is -0.386 e. The summed E-state index contributed by atoms with van der Waals surface area (Å²) in [5.41, 5.74) is 5.33. The van der Waals surface area contributed by atoms with Gasteiger partial charge in [0.1, 0.15) is 15.9 Å². The summed E-state index contributed by atoms with van der Waals surface area (Å²) in [7, 11) is -3.24. The van der Waals surface area contributed by atoms with E-state index in [-0.39, 0.29) is 5.75 Å². The van der Waals surface area contributed by atoms with Gasteiger partial charge in [0.05, 0.1) is 23.7 Å². The number of hydrogen-bond donors (Lipinski definition) is 1. The third-order valence-electron chi connectivity index (χ3n) is 4.68. The van der Waals surface area contributed by atoms with Crippen molar-refractivity contribution in [1.82, 2.24) is 14.7 Å². The van der Waals surface area contributed by atoms with Crippen LogP contribution in [0.3, 0.4) is 0 Å². The molecule has 7 heteroatoms. The summed E-state index contributed by atoms with van der Waals surface area (Å²) in [4.78, 5) is 2.34. The van der Waals surface area contributed by atoms with Crippen LogP contribution in [0.5, 0.6) is 0 Å². The number of fused-ring (bicyclic) bond motifs is 1. The van der Waals surface area contributed by atoms with E-state index in [1.54, 1.807) is 0 Å². The molecule has 0 radical (unpaired) electrons. The van der Waals surface area contributed by atoms with Crippen LogP contribution in [0.15, 0.2) is 24.3 Å². The standard InChI is InChI=1S/C18H25N3O3S/c1-13-4-5-15(8-14(13)2)10-20-6-7-21-16(11-20)9-17(19-21)18(22)12-25(3,23)24/h4-5,8-9,18,22H,6-7,10-12H2,1-3H3. The molecule has 136 valence electrons. The maximum atomic E-state index is 11.4. The van der Waals surface area contributed by atoms with Gasteiger partial charge in [-0.2, -0.15) is 5.10 Å². The summed E-state index contributed by atoms with van der Waals surface area (Å²) in [6.07, 6.45) is 0.0543. The van der Waals surface area contributed by atoms with Gasteiger partial charge in [0.15, 0.2) is 0 Å². The third kappa shape index (κ3) is 4.48. The summed E-state index contributed by atoms with van der Waals surface area (Å²) < 4.78 is 24.6. The van der Waals surface area contributed by atoms with Crippen molar-refractivity contribution in [3.8, 4) is 0 Å². The molecule has 3 rings (SSSR count). The van der Waals surface area contributed by atoms with E-state index in [4.69, 9.17) is 0 Å². The molecule has 0 aliphatic carbocycles. The Bertz CT molecular complexity index is 874. The van der Waals surface area contributed by atoms with Crippen LogP contribution < -0.4 is 0 Å². The number of sulfone groups is 1. The SMILES string of the molecule is Cc1ccc(CN2CCn3nc(C(O)CS(C)(=O)=O)cc3C2)cc1C. The van der Waals surface area contributed by atoms with Gasteiger partial charge in [-0.15, -0.1) is 0 Å². The second-order valence-corrected chi connectivity index (χ2v) is 9.21. The molecule has 0 amide bonds. The lowest BCUT2D eigenvalue weighted by Gasteiger charge is -2.27. The van der Waals surface area contributed by atoms with Crippen molar-refractivity contribution in [2.45, 2.75) is 39.6 Å². The highest BCUT2D eigenvalue weighted by Crippen LogP contribution is 2.21. The maximum absolute atomic E-state index is 11.4. The van der Waals surface area contributed by atoms with Gasteiger partial charge in [0.25, 0.3) is 0 Å². The lowest BCUT2D eigenvalue weighted by molar-refractivity contribution is 0.191. The molecule has 1 aliphatic heterocycles. The molecule has 25 heavy (non-hydrogen) atoms. The average Bonchev–Trinajstić information content (AvgIpc) is 2.93. The average molecular weight is 363 g/mol. The van der Waals surface area contributed by atoms with Crippen molar-refractivity contribution < 1.29 is 13.5 Å². The van der Waals surface area contributed by atoms with Gasteiger partial charge in [0.2, 0.25) is 0 Å². The van der Waals surface area contributed by atoms with Crippen LogP contribution in [0, 0.1) is 13.8 Å². The lowest BCUT2D eigenvalue weighted by Crippen LogP contribution is -2.33. The van der Waals surface area contributed by atoms with Crippen molar-refractivity contribution in [1.29, 1.82) is 0 Å². The normalized spacial score (nSPS) is 16.6. The van der Waals surface area contributed by atoms with Crippen molar-refractivity contribution in [3.05, 3.63) is 52.3 Å². The van der Waals surface area contributed by atoms with Gasteiger partial charge in [-0.05, 0) is 36.6 Å². The topological polar surface area (TPSA) is 75.4 Å². The molecule has 0 fully saturated rings. The molecule has 1 N–H and O–H groups in total. The van der Waals surface area contributed by atoms with E-state index in [9.17, 15) is 13.5 Å². The number of aryl methyl sites for hydroxylation is 2. The molecule has 1 unspecified atom stereocenters. The number of benzene rings is 1. The van der Waals surface area contributed by atoms with Crippen molar-refractivity contribution in [2.75, 3.05) is 18.6 Å². The molecule has 0 spiro atoms. The number of nitrogens with zero attached hydrogens (tertiary/aromatic N) is 3. The molecule has 0 bridgehead atoms. The van der Waals surface area contributed by atoms with Gasteiger partial charge < -0.3 is 5.11 Å². The Morgan fingerprint density at radius 3 is 2.64 bits per heavy atom. The largest absolute Gasteiger partial charge is 0.386 e. The van der Waals surface area contributed by atoms with Gasteiger partial charge in [-0.3, -0.25) is 9.58 Å². The van der Waals surface area contributed by atoms with E-state index in [0.29, 0.717) is 5.69 Å². The van der Waals surface area contributed by atoms with Crippen molar-refractivity contribution in [2.24, 2.45) is 0 Å². The zero-order valence-corrected chi connectivity index (χ0v) is 15.8. The zero-order valence-electron chi connectivity index (χ0n) is 14.9. The fourth-order valence-electron chi connectivity index (χ4n) is 3.17. The van der Waals surface area contributed by atoms with E-state index in [1.165, 1.54) is 16.7 Å². The van der Waals surface area contributed by atoms with Gasteiger partial charge >= 0.3 is 0 Å². The number of aromatic nitrogens is 2. The third-order valence-corrected chi connectivity index (χ3v) is 5.60. The van der Waals surface area contributed by atoms with E-state index in [1.807, 2.05) is 10.7 Å². The Balaban J connectivity index is 1.70. The smallest absolute Gasteiger partial charge is 0.150 e. The predicted molar refractivity (Wildman–Crippen MR) is 96.9 cm³/mol. The molecule has 2 heterocycles. The first-order chi connectivity index (χ1) is 11.7. The molecule has 1 aromatic heterocycles. The number of aliphatic hydroxyl groups excluding tert-OH is 1. The minimum absolute atomic E-state index is 0.296. The first-order valence-electron chi connectivity index (χ1n) is 8.42. The molecular weight excluding hydrogens is 338 g/mol. The van der Waals surface area contributed by atoms with Crippen LogP contribution in [0.2, 0.25) is 0 Å². The monoisotopic (exact) mass is 363 g/mol. The minimum atomic E-state index is -3.24. The van der Waals surface area contributed by atoms with Crippen LogP contribution in [-0.2, 0) is 29.5 Å². The molecule has 2 aromatic rings. The maximum Gasteiger partial charge on any atom is 0.150 e. The zero-order chi connectivity index (χ0) is 18.2. The fraction of sp³-hybridized carbons (Fsp3) is 0.500. The summed E-state index contributed by atoms with van der Waals surface area (Å²) >= 11 is 0. The van der Waals surface area contributed by atoms with Crippen LogP contribution >= 0.6 is 0 Å². The summed E-state index contributed by atoms with van der Waals surface area (Å²) in [6.45, 7) is 7.47.